The van der Waals surface area contributed by atoms with Crippen molar-refractivity contribution in [2.24, 2.45) is 0 Å². The average Bonchev–Trinajstić information content (AvgIpc) is 1.85. The summed E-state index contributed by atoms with van der Waals surface area (Å²) < 4.78 is 0. The van der Waals surface area contributed by atoms with Crippen molar-refractivity contribution in [3.63, 3.8) is 0 Å². The molecule has 1 heterocycles. The molecule has 0 saturated carbocycles. The highest BCUT2D eigenvalue weighted by molar-refractivity contribution is 6.31. The largest absolute Gasteiger partial charge is 0.250 e. The monoisotopic (exact) mass is 191 g/mol. The van der Waals surface area contributed by atoms with Crippen LogP contribution < -0.4 is 5.32 Å². The van der Waals surface area contributed by atoms with Gasteiger partial charge in [-0.15, -0.1) is 0 Å². The Kier molecular flexibility index (Phi) is 2.84. The minimum atomic E-state index is 0.0669. The molecule has 6 heteroatoms. The topological polar surface area (TPSA) is 52.8 Å². The first-order valence-electron chi connectivity index (χ1n) is 2.97. The van der Waals surface area contributed by atoms with Gasteiger partial charge < -0.3 is 0 Å². The van der Waals surface area contributed by atoms with Gasteiger partial charge in [0, 0.05) is 6.54 Å². The standard InChI is InChI=1S/C5H5Cl2N4/c1-2-8-5-10-3(6)9-4(7)11-5/h2H2,1H3. The van der Waals surface area contributed by atoms with Crippen LogP contribution in [0.4, 0.5) is 5.95 Å². The third-order valence-electron chi connectivity index (χ3n) is 0.869. The maximum Gasteiger partial charge on any atom is 0.250 e. The Labute approximate surface area is 74.0 Å². The van der Waals surface area contributed by atoms with E-state index in [1.54, 1.807) is 0 Å². The fourth-order valence-corrected chi connectivity index (χ4v) is 0.883. The summed E-state index contributed by atoms with van der Waals surface area (Å²) in [6, 6.07) is 0. The van der Waals surface area contributed by atoms with Crippen molar-refractivity contribution in [1.29, 1.82) is 0 Å². The number of halogens is 2. The van der Waals surface area contributed by atoms with E-state index in [9.17, 15) is 0 Å². The Balaban J connectivity index is 2.89. The van der Waals surface area contributed by atoms with Crippen LogP contribution in [0.15, 0.2) is 0 Å². The zero-order valence-corrected chi connectivity index (χ0v) is 7.26. The average molecular weight is 192 g/mol. The van der Waals surface area contributed by atoms with Crippen LogP contribution in [0, 0.1) is 0 Å². The zero-order valence-electron chi connectivity index (χ0n) is 5.75. The van der Waals surface area contributed by atoms with Gasteiger partial charge in [-0.1, -0.05) is 0 Å². The van der Waals surface area contributed by atoms with Gasteiger partial charge in [-0.25, -0.2) is 5.32 Å². The Hall–Kier alpha value is -0.610. The van der Waals surface area contributed by atoms with E-state index in [1.165, 1.54) is 0 Å². The van der Waals surface area contributed by atoms with Crippen molar-refractivity contribution in [3.05, 3.63) is 10.6 Å². The highest BCUT2D eigenvalue weighted by atomic mass is 35.5. The summed E-state index contributed by atoms with van der Waals surface area (Å²) in [4.78, 5) is 11.0. The summed E-state index contributed by atoms with van der Waals surface area (Å²) in [5, 5.41) is 4.03. The highest BCUT2D eigenvalue weighted by Crippen LogP contribution is 2.08. The molecule has 0 amide bonds. The first-order chi connectivity index (χ1) is 5.22. The smallest absolute Gasteiger partial charge is 0.250 e. The third-order valence-corrected chi connectivity index (χ3v) is 1.21. The number of aromatic nitrogens is 3. The minimum Gasteiger partial charge on any atom is -0.250 e. The fourth-order valence-electron chi connectivity index (χ4n) is 0.528. The van der Waals surface area contributed by atoms with Gasteiger partial charge >= 0.3 is 0 Å². The fraction of sp³-hybridized carbons (Fsp3) is 0.400. The Morgan fingerprint density at radius 1 is 1.18 bits per heavy atom. The normalized spacial score (nSPS) is 9.73. The van der Waals surface area contributed by atoms with E-state index >= 15 is 0 Å². The second kappa shape index (κ2) is 3.69. The van der Waals surface area contributed by atoms with Gasteiger partial charge in [0.2, 0.25) is 16.5 Å². The molecule has 1 aromatic heterocycles. The Morgan fingerprint density at radius 2 is 1.73 bits per heavy atom. The summed E-state index contributed by atoms with van der Waals surface area (Å²) in [6.07, 6.45) is 0. The lowest BCUT2D eigenvalue weighted by molar-refractivity contribution is 0.832. The van der Waals surface area contributed by atoms with Gasteiger partial charge in [-0.3, -0.25) is 0 Å². The predicted molar refractivity (Wildman–Crippen MR) is 42.2 cm³/mol. The van der Waals surface area contributed by atoms with Crippen LogP contribution in [0.2, 0.25) is 10.6 Å². The summed E-state index contributed by atoms with van der Waals surface area (Å²) in [5.74, 6) is 0.275. The molecule has 59 valence electrons. The zero-order chi connectivity index (χ0) is 8.27. The van der Waals surface area contributed by atoms with Crippen LogP contribution in [0.25, 0.3) is 0 Å². The summed E-state index contributed by atoms with van der Waals surface area (Å²) in [6.45, 7) is 2.46. The SMILES string of the molecule is CC[N]c1nc(Cl)nc(Cl)n1. The van der Waals surface area contributed by atoms with Gasteiger partial charge in [-0.2, -0.15) is 15.0 Å². The van der Waals surface area contributed by atoms with Crippen LogP contribution in [0.1, 0.15) is 6.92 Å². The van der Waals surface area contributed by atoms with Crippen molar-refractivity contribution in [3.8, 4) is 0 Å². The molecule has 0 atom stereocenters. The van der Waals surface area contributed by atoms with Crippen LogP contribution in [0.5, 0.6) is 0 Å². The van der Waals surface area contributed by atoms with Gasteiger partial charge in [0.05, 0.1) is 0 Å². The molecule has 0 N–H and O–H groups in total. The van der Waals surface area contributed by atoms with E-state index in [4.69, 9.17) is 23.2 Å². The lowest BCUT2D eigenvalue weighted by atomic mass is 10.7. The Bertz CT molecular complexity index is 232. The molecule has 1 rings (SSSR count). The molecule has 0 aliphatic rings. The second-order valence-corrected chi connectivity index (χ2v) is 2.32. The summed E-state index contributed by atoms with van der Waals surface area (Å²) in [7, 11) is 0. The molecule has 0 aromatic carbocycles. The van der Waals surface area contributed by atoms with E-state index in [0.29, 0.717) is 6.54 Å². The number of nitrogens with zero attached hydrogens (tertiary/aromatic N) is 4. The maximum absolute atomic E-state index is 5.48. The first kappa shape index (κ1) is 8.49. The summed E-state index contributed by atoms with van der Waals surface area (Å²) >= 11 is 11.0. The molecule has 0 spiro atoms. The van der Waals surface area contributed by atoms with Crippen LogP contribution in [-0.2, 0) is 0 Å². The van der Waals surface area contributed by atoms with Crippen molar-refractivity contribution in [2.75, 3.05) is 6.54 Å². The quantitative estimate of drug-likeness (QED) is 0.712. The molecule has 0 aliphatic carbocycles. The first-order valence-corrected chi connectivity index (χ1v) is 3.72. The highest BCUT2D eigenvalue weighted by Gasteiger charge is 2.01. The predicted octanol–water partition coefficient (Wildman–Crippen LogP) is 1.43. The van der Waals surface area contributed by atoms with Crippen molar-refractivity contribution < 1.29 is 0 Å². The van der Waals surface area contributed by atoms with Gasteiger partial charge in [0.25, 0.3) is 0 Å². The van der Waals surface area contributed by atoms with Crippen molar-refractivity contribution >= 4 is 29.2 Å². The number of rotatable bonds is 2. The Morgan fingerprint density at radius 3 is 2.18 bits per heavy atom. The second-order valence-electron chi connectivity index (χ2n) is 1.65. The number of hydrogen-bond donors (Lipinski definition) is 0. The molecule has 0 saturated heterocycles. The molecule has 4 nitrogen and oxygen atoms in total. The maximum atomic E-state index is 5.48. The van der Waals surface area contributed by atoms with E-state index < -0.39 is 0 Å². The van der Waals surface area contributed by atoms with Crippen molar-refractivity contribution in [2.45, 2.75) is 6.92 Å². The lowest BCUT2D eigenvalue weighted by Gasteiger charge is -1.96. The molecule has 0 unspecified atom stereocenters. The molecule has 0 bridgehead atoms. The van der Waals surface area contributed by atoms with E-state index in [0.717, 1.165) is 0 Å². The molecule has 1 aromatic rings. The summed E-state index contributed by atoms with van der Waals surface area (Å²) in [5.41, 5.74) is 0. The van der Waals surface area contributed by atoms with E-state index in [1.807, 2.05) is 6.92 Å². The molecule has 0 aliphatic heterocycles. The van der Waals surface area contributed by atoms with Gasteiger partial charge in [0.15, 0.2) is 0 Å². The number of hydrogen-bond acceptors (Lipinski definition) is 3. The van der Waals surface area contributed by atoms with Crippen LogP contribution >= 0.6 is 23.2 Å². The molecule has 0 fully saturated rings. The van der Waals surface area contributed by atoms with E-state index in [2.05, 4.69) is 20.3 Å². The molecular weight excluding hydrogens is 187 g/mol. The van der Waals surface area contributed by atoms with Crippen LogP contribution in [-0.4, -0.2) is 21.5 Å². The van der Waals surface area contributed by atoms with E-state index in [-0.39, 0.29) is 16.5 Å². The molecule has 1 radical (unpaired) electrons. The van der Waals surface area contributed by atoms with Crippen molar-refractivity contribution in [1.82, 2.24) is 20.3 Å². The van der Waals surface area contributed by atoms with Crippen LogP contribution in [0.3, 0.4) is 0 Å². The minimum absolute atomic E-state index is 0.0669. The van der Waals surface area contributed by atoms with Gasteiger partial charge in [0.1, 0.15) is 0 Å². The third kappa shape index (κ3) is 2.48. The molecular formula is C5H5Cl2N4. The molecule has 11 heavy (non-hydrogen) atoms. The lowest BCUT2D eigenvalue weighted by Crippen LogP contribution is -2.02. The van der Waals surface area contributed by atoms with Gasteiger partial charge in [-0.05, 0) is 30.1 Å².